The Kier molecular flexibility index (Phi) is 2.68. The van der Waals surface area contributed by atoms with Crippen molar-refractivity contribution in [3.05, 3.63) is 28.9 Å². The predicted octanol–water partition coefficient (Wildman–Crippen LogP) is 2.79. The Balaban J connectivity index is 2.21. The minimum absolute atomic E-state index is 0.00147. The Bertz CT molecular complexity index is 789. The summed E-state index contributed by atoms with van der Waals surface area (Å²) >= 11 is 1.39. The third kappa shape index (κ3) is 2.09. The Hall–Kier alpha value is -2.16. The van der Waals surface area contributed by atoms with Crippen LogP contribution in [0.4, 0.5) is 19.1 Å². The molecule has 5 nitrogen and oxygen atoms in total. The number of hydrogen-bond acceptors (Lipinski definition) is 5. The number of halogens is 3. The highest BCUT2D eigenvalue weighted by atomic mass is 32.1. The molecule has 0 amide bonds. The molecule has 0 saturated carbocycles. The molecular formula is C11H8F3N5S. The molecule has 0 radical (unpaired) electrons. The molecule has 3 heterocycles. The van der Waals surface area contributed by atoms with E-state index in [9.17, 15) is 13.2 Å². The van der Waals surface area contributed by atoms with Crippen LogP contribution in [0.1, 0.15) is 10.4 Å². The van der Waals surface area contributed by atoms with E-state index in [0.29, 0.717) is 10.2 Å². The van der Waals surface area contributed by atoms with Gasteiger partial charge in [0, 0.05) is 11.1 Å². The molecule has 2 N–H and O–H groups in total. The summed E-state index contributed by atoms with van der Waals surface area (Å²) in [4.78, 5) is 9.63. The molecule has 3 aromatic heterocycles. The van der Waals surface area contributed by atoms with E-state index in [1.807, 2.05) is 6.92 Å². The molecule has 0 saturated heterocycles. The van der Waals surface area contributed by atoms with Crippen LogP contribution in [0.15, 0.2) is 18.5 Å². The number of anilines is 1. The van der Waals surface area contributed by atoms with Gasteiger partial charge in [-0.25, -0.2) is 9.67 Å². The summed E-state index contributed by atoms with van der Waals surface area (Å²) in [5, 5.41) is 4.33. The molecule has 0 unspecified atom stereocenters. The van der Waals surface area contributed by atoms with E-state index < -0.39 is 11.7 Å². The number of nitrogens with two attached hydrogens (primary N) is 1. The van der Waals surface area contributed by atoms with E-state index in [0.717, 1.165) is 22.0 Å². The lowest BCUT2D eigenvalue weighted by Gasteiger charge is -2.03. The highest BCUT2D eigenvalue weighted by molar-refractivity contribution is 7.18. The zero-order valence-electron chi connectivity index (χ0n) is 10.1. The third-order valence-electron chi connectivity index (χ3n) is 2.64. The number of rotatable bonds is 1. The molecule has 20 heavy (non-hydrogen) atoms. The molecule has 0 aliphatic heterocycles. The number of fused-ring (bicyclic) bond motifs is 1. The molecule has 3 rings (SSSR count). The lowest BCUT2D eigenvalue weighted by Crippen LogP contribution is -2.05. The largest absolute Gasteiger partial charge is 0.419 e. The second-order valence-electron chi connectivity index (χ2n) is 4.15. The standard InChI is InChI=1S/C11H8F3N5S/c1-5-2-7-8(17-10(15)18-9(7)20-5)19-4-6(3-16-19)11(12,13)14/h2-4H,1H3,(H2,15,17,18). The molecule has 9 heteroatoms. The summed E-state index contributed by atoms with van der Waals surface area (Å²) in [7, 11) is 0. The average molecular weight is 299 g/mol. The fourth-order valence-electron chi connectivity index (χ4n) is 1.80. The van der Waals surface area contributed by atoms with E-state index in [-0.39, 0.29) is 11.8 Å². The number of aromatic nitrogens is 4. The molecule has 0 aliphatic carbocycles. The van der Waals surface area contributed by atoms with Gasteiger partial charge in [0.1, 0.15) is 4.83 Å². The van der Waals surface area contributed by atoms with Crippen LogP contribution in [0.5, 0.6) is 0 Å². The van der Waals surface area contributed by atoms with E-state index in [1.54, 1.807) is 6.07 Å². The fraction of sp³-hybridized carbons (Fsp3) is 0.182. The highest BCUT2D eigenvalue weighted by Gasteiger charge is 2.32. The van der Waals surface area contributed by atoms with Crippen molar-refractivity contribution < 1.29 is 13.2 Å². The molecule has 0 fully saturated rings. The lowest BCUT2D eigenvalue weighted by molar-refractivity contribution is -0.137. The van der Waals surface area contributed by atoms with Gasteiger partial charge in [0.25, 0.3) is 0 Å². The molecule has 0 aliphatic rings. The summed E-state index contributed by atoms with van der Waals surface area (Å²) in [6.45, 7) is 1.87. The Morgan fingerprint density at radius 2 is 2.05 bits per heavy atom. The van der Waals surface area contributed by atoms with E-state index in [4.69, 9.17) is 5.73 Å². The lowest BCUT2D eigenvalue weighted by atomic mass is 10.3. The first-order valence-corrected chi connectivity index (χ1v) is 6.32. The second kappa shape index (κ2) is 4.17. The predicted molar refractivity (Wildman–Crippen MR) is 68.7 cm³/mol. The Morgan fingerprint density at radius 3 is 2.70 bits per heavy atom. The van der Waals surface area contributed by atoms with Crippen molar-refractivity contribution in [2.75, 3.05) is 5.73 Å². The summed E-state index contributed by atoms with van der Waals surface area (Å²) in [5.74, 6) is 0.241. The minimum Gasteiger partial charge on any atom is -0.368 e. The highest BCUT2D eigenvalue weighted by Crippen LogP contribution is 2.31. The Morgan fingerprint density at radius 1 is 1.30 bits per heavy atom. The van der Waals surface area contributed by atoms with Crippen LogP contribution in [0.25, 0.3) is 16.0 Å². The van der Waals surface area contributed by atoms with Gasteiger partial charge in [0.05, 0.1) is 17.1 Å². The van der Waals surface area contributed by atoms with Crippen molar-refractivity contribution in [1.29, 1.82) is 0 Å². The first-order valence-electron chi connectivity index (χ1n) is 5.50. The smallest absolute Gasteiger partial charge is 0.368 e. The second-order valence-corrected chi connectivity index (χ2v) is 5.39. The van der Waals surface area contributed by atoms with Crippen LogP contribution in [-0.4, -0.2) is 19.7 Å². The summed E-state index contributed by atoms with van der Waals surface area (Å²) in [6.07, 6.45) is -2.81. The maximum Gasteiger partial charge on any atom is 0.419 e. The number of thiophene rings is 1. The van der Waals surface area contributed by atoms with E-state index in [1.165, 1.54) is 11.3 Å². The zero-order chi connectivity index (χ0) is 14.5. The number of hydrogen-bond donors (Lipinski definition) is 1. The minimum atomic E-state index is -4.44. The van der Waals surface area contributed by atoms with Gasteiger partial charge in [0.2, 0.25) is 5.95 Å². The quantitative estimate of drug-likeness (QED) is 0.750. The van der Waals surface area contributed by atoms with Gasteiger partial charge in [0.15, 0.2) is 5.82 Å². The third-order valence-corrected chi connectivity index (χ3v) is 3.58. The van der Waals surface area contributed by atoms with Gasteiger partial charge in [-0.3, -0.25) is 0 Å². The van der Waals surface area contributed by atoms with Crippen molar-refractivity contribution >= 4 is 27.5 Å². The van der Waals surface area contributed by atoms with Gasteiger partial charge in [-0.15, -0.1) is 11.3 Å². The van der Waals surface area contributed by atoms with Crippen LogP contribution >= 0.6 is 11.3 Å². The van der Waals surface area contributed by atoms with Crippen molar-refractivity contribution in [3.8, 4) is 5.82 Å². The number of aryl methyl sites for hydroxylation is 1. The molecule has 0 aromatic carbocycles. The maximum atomic E-state index is 12.6. The van der Waals surface area contributed by atoms with Gasteiger partial charge < -0.3 is 5.73 Å². The summed E-state index contributed by atoms with van der Waals surface area (Å²) < 4.78 is 38.9. The van der Waals surface area contributed by atoms with Crippen molar-refractivity contribution in [2.24, 2.45) is 0 Å². The first-order chi connectivity index (χ1) is 9.34. The summed E-state index contributed by atoms with van der Waals surface area (Å²) in [5.41, 5.74) is 4.75. The van der Waals surface area contributed by atoms with Crippen LogP contribution in [0.2, 0.25) is 0 Å². The topological polar surface area (TPSA) is 69.6 Å². The summed E-state index contributed by atoms with van der Waals surface area (Å²) in [6, 6.07) is 1.80. The molecule has 0 spiro atoms. The van der Waals surface area contributed by atoms with Crippen molar-refractivity contribution in [1.82, 2.24) is 19.7 Å². The SMILES string of the molecule is Cc1cc2c(-n3cc(C(F)(F)F)cn3)nc(N)nc2s1. The van der Waals surface area contributed by atoms with Gasteiger partial charge >= 0.3 is 6.18 Å². The number of nitrogens with zero attached hydrogens (tertiary/aromatic N) is 4. The van der Waals surface area contributed by atoms with Crippen molar-refractivity contribution in [2.45, 2.75) is 13.1 Å². The van der Waals surface area contributed by atoms with Crippen LogP contribution in [0, 0.1) is 6.92 Å². The monoisotopic (exact) mass is 299 g/mol. The zero-order valence-corrected chi connectivity index (χ0v) is 11.0. The molecule has 3 aromatic rings. The molecule has 104 valence electrons. The first kappa shape index (κ1) is 12.9. The number of alkyl halides is 3. The van der Waals surface area contributed by atoms with E-state index in [2.05, 4.69) is 15.1 Å². The van der Waals surface area contributed by atoms with Gasteiger partial charge in [-0.2, -0.15) is 23.3 Å². The van der Waals surface area contributed by atoms with E-state index >= 15 is 0 Å². The molecule has 0 bridgehead atoms. The number of nitrogen functional groups attached to an aromatic ring is 1. The van der Waals surface area contributed by atoms with Gasteiger partial charge in [-0.1, -0.05) is 0 Å². The van der Waals surface area contributed by atoms with Crippen molar-refractivity contribution in [3.63, 3.8) is 0 Å². The molecular weight excluding hydrogens is 291 g/mol. The fourth-order valence-corrected chi connectivity index (χ4v) is 2.68. The van der Waals surface area contributed by atoms with Crippen LogP contribution in [0.3, 0.4) is 0 Å². The average Bonchev–Trinajstić information content (AvgIpc) is 2.92. The normalized spacial score (nSPS) is 12.2. The maximum absolute atomic E-state index is 12.6. The molecule has 0 atom stereocenters. The Labute approximate surface area is 114 Å². The van der Waals surface area contributed by atoms with Gasteiger partial charge in [-0.05, 0) is 13.0 Å². The van der Waals surface area contributed by atoms with Crippen LogP contribution < -0.4 is 5.73 Å². The van der Waals surface area contributed by atoms with Crippen LogP contribution in [-0.2, 0) is 6.18 Å².